The number of carbonyl (C=O) groups is 1. The number of hydrogen-bond donors (Lipinski definition) is 1. The SMILES string of the molecule is C[C@@H](Sc1nnnn1-c1ccc(Cl)cc1)C(=O)Nc1ccc2c(c1)OCO2. The third-order valence-electron chi connectivity index (χ3n) is 3.80. The van der Waals surface area contributed by atoms with Gasteiger partial charge in [-0.2, -0.15) is 4.68 Å². The van der Waals surface area contributed by atoms with E-state index in [1.807, 2.05) is 0 Å². The molecule has 4 rings (SSSR count). The van der Waals surface area contributed by atoms with Crippen LogP contribution in [0.2, 0.25) is 5.02 Å². The predicted molar refractivity (Wildman–Crippen MR) is 101 cm³/mol. The first kappa shape index (κ1) is 17.6. The van der Waals surface area contributed by atoms with Crippen LogP contribution < -0.4 is 14.8 Å². The van der Waals surface area contributed by atoms with Crippen LogP contribution in [-0.2, 0) is 4.79 Å². The second-order valence-electron chi connectivity index (χ2n) is 5.67. The van der Waals surface area contributed by atoms with E-state index in [1.165, 1.54) is 11.8 Å². The molecule has 0 aliphatic carbocycles. The Morgan fingerprint density at radius 2 is 2.00 bits per heavy atom. The van der Waals surface area contributed by atoms with Crippen LogP contribution in [0.5, 0.6) is 11.5 Å². The molecule has 1 aromatic heterocycles. The number of amides is 1. The quantitative estimate of drug-likeness (QED) is 0.654. The minimum Gasteiger partial charge on any atom is -0.454 e. The fourth-order valence-corrected chi connectivity index (χ4v) is 3.36. The van der Waals surface area contributed by atoms with Crippen molar-refractivity contribution < 1.29 is 14.3 Å². The van der Waals surface area contributed by atoms with E-state index in [9.17, 15) is 4.79 Å². The Morgan fingerprint density at radius 1 is 1.22 bits per heavy atom. The van der Waals surface area contributed by atoms with Crippen molar-refractivity contribution in [1.29, 1.82) is 0 Å². The molecule has 8 nitrogen and oxygen atoms in total. The molecule has 0 spiro atoms. The highest BCUT2D eigenvalue weighted by molar-refractivity contribution is 8.00. The van der Waals surface area contributed by atoms with Gasteiger partial charge in [-0.05, 0) is 53.7 Å². The number of halogens is 1. The highest BCUT2D eigenvalue weighted by Gasteiger charge is 2.20. The van der Waals surface area contributed by atoms with Crippen LogP contribution in [0.25, 0.3) is 5.69 Å². The lowest BCUT2D eigenvalue weighted by Gasteiger charge is -2.12. The summed E-state index contributed by atoms with van der Waals surface area (Å²) < 4.78 is 12.1. The number of nitrogens with zero attached hydrogens (tertiary/aromatic N) is 4. The number of anilines is 1. The average molecular weight is 404 g/mol. The number of fused-ring (bicyclic) bond motifs is 1. The van der Waals surface area contributed by atoms with Gasteiger partial charge in [-0.25, -0.2) is 0 Å². The van der Waals surface area contributed by atoms with Crippen molar-refractivity contribution in [2.75, 3.05) is 12.1 Å². The molecule has 0 bridgehead atoms. The van der Waals surface area contributed by atoms with Gasteiger partial charge in [0.05, 0.1) is 10.9 Å². The Morgan fingerprint density at radius 3 is 2.81 bits per heavy atom. The Balaban J connectivity index is 1.45. The second-order valence-corrected chi connectivity index (χ2v) is 7.41. The maximum atomic E-state index is 12.5. The number of carbonyl (C=O) groups excluding carboxylic acids is 1. The number of nitrogens with one attached hydrogen (secondary N) is 1. The zero-order valence-corrected chi connectivity index (χ0v) is 15.7. The van der Waals surface area contributed by atoms with Gasteiger partial charge in [0.25, 0.3) is 0 Å². The molecule has 2 aromatic carbocycles. The summed E-state index contributed by atoms with van der Waals surface area (Å²) in [6.45, 7) is 1.97. The molecule has 0 saturated heterocycles. The Bertz CT molecular complexity index is 979. The Hall–Kier alpha value is -2.78. The second kappa shape index (κ2) is 7.45. The van der Waals surface area contributed by atoms with E-state index in [0.717, 1.165) is 5.69 Å². The monoisotopic (exact) mass is 403 g/mol. The van der Waals surface area contributed by atoms with E-state index in [1.54, 1.807) is 54.1 Å². The van der Waals surface area contributed by atoms with Crippen LogP contribution >= 0.6 is 23.4 Å². The van der Waals surface area contributed by atoms with Crippen LogP contribution in [-0.4, -0.2) is 38.2 Å². The van der Waals surface area contributed by atoms with Crippen LogP contribution in [0.3, 0.4) is 0 Å². The van der Waals surface area contributed by atoms with E-state index < -0.39 is 5.25 Å². The van der Waals surface area contributed by atoms with Crippen LogP contribution in [0.15, 0.2) is 47.6 Å². The molecule has 0 unspecified atom stereocenters. The number of hydrogen-bond acceptors (Lipinski definition) is 7. The molecular formula is C17H14ClN5O3S. The Kier molecular flexibility index (Phi) is 4.87. The van der Waals surface area contributed by atoms with Gasteiger partial charge >= 0.3 is 0 Å². The molecule has 2 heterocycles. The summed E-state index contributed by atoms with van der Waals surface area (Å²) in [5, 5.41) is 15.3. The summed E-state index contributed by atoms with van der Waals surface area (Å²) >= 11 is 7.17. The highest BCUT2D eigenvalue weighted by atomic mass is 35.5. The minimum atomic E-state index is -0.424. The summed E-state index contributed by atoms with van der Waals surface area (Å²) in [7, 11) is 0. The van der Waals surface area contributed by atoms with Gasteiger partial charge in [0.1, 0.15) is 0 Å². The van der Waals surface area contributed by atoms with Gasteiger partial charge in [0, 0.05) is 16.8 Å². The maximum absolute atomic E-state index is 12.5. The zero-order chi connectivity index (χ0) is 18.8. The molecule has 1 amide bonds. The lowest BCUT2D eigenvalue weighted by molar-refractivity contribution is -0.115. The van der Waals surface area contributed by atoms with Crippen molar-refractivity contribution in [1.82, 2.24) is 20.2 Å². The van der Waals surface area contributed by atoms with Gasteiger partial charge in [-0.15, -0.1) is 5.10 Å². The smallest absolute Gasteiger partial charge is 0.237 e. The molecule has 0 saturated carbocycles. The standard InChI is InChI=1S/C17H14ClN5O3S/c1-10(16(24)19-12-4-7-14-15(8-12)26-9-25-14)27-17-20-21-22-23(17)13-5-2-11(18)3-6-13/h2-8,10H,9H2,1H3,(H,19,24)/t10-/m1/s1. The van der Waals surface area contributed by atoms with Crippen molar-refractivity contribution >= 4 is 35.0 Å². The van der Waals surface area contributed by atoms with Crippen LogP contribution in [0, 0.1) is 0 Å². The number of aromatic nitrogens is 4. The van der Waals surface area contributed by atoms with Gasteiger partial charge in [0.2, 0.25) is 17.9 Å². The van der Waals surface area contributed by atoms with Crippen molar-refractivity contribution in [2.45, 2.75) is 17.3 Å². The molecule has 0 fully saturated rings. The Labute approximate surface area is 163 Å². The first-order valence-corrected chi connectivity index (χ1v) is 9.27. The van der Waals surface area contributed by atoms with E-state index in [4.69, 9.17) is 21.1 Å². The van der Waals surface area contributed by atoms with Gasteiger partial charge in [-0.3, -0.25) is 4.79 Å². The summed E-state index contributed by atoms with van der Waals surface area (Å²) in [6.07, 6.45) is 0. The molecule has 1 aliphatic heterocycles. The largest absolute Gasteiger partial charge is 0.454 e. The third kappa shape index (κ3) is 3.83. The maximum Gasteiger partial charge on any atom is 0.237 e. The van der Waals surface area contributed by atoms with Gasteiger partial charge < -0.3 is 14.8 Å². The summed E-state index contributed by atoms with van der Waals surface area (Å²) in [5.74, 6) is 1.10. The molecule has 27 heavy (non-hydrogen) atoms. The zero-order valence-electron chi connectivity index (χ0n) is 14.1. The van der Waals surface area contributed by atoms with Crippen molar-refractivity contribution in [2.24, 2.45) is 0 Å². The molecule has 3 aromatic rings. The minimum absolute atomic E-state index is 0.176. The number of tetrazole rings is 1. The third-order valence-corrected chi connectivity index (χ3v) is 5.09. The fourth-order valence-electron chi connectivity index (χ4n) is 2.43. The molecule has 1 N–H and O–H groups in total. The van der Waals surface area contributed by atoms with Gasteiger partial charge in [-0.1, -0.05) is 23.4 Å². The summed E-state index contributed by atoms with van der Waals surface area (Å²) in [4.78, 5) is 12.5. The topological polar surface area (TPSA) is 91.2 Å². The number of benzene rings is 2. The molecule has 1 atom stereocenters. The van der Waals surface area contributed by atoms with E-state index in [-0.39, 0.29) is 12.7 Å². The van der Waals surface area contributed by atoms with E-state index >= 15 is 0 Å². The summed E-state index contributed by atoms with van der Waals surface area (Å²) in [6, 6.07) is 12.4. The number of rotatable bonds is 5. The predicted octanol–water partition coefficient (Wildman–Crippen LogP) is 3.16. The molecule has 0 radical (unpaired) electrons. The molecule has 1 aliphatic rings. The number of ether oxygens (including phenoxy) is 2. The molecule has 10 heteroatoms. The van der Waals surface area contributed by atoms with E-state index in [2.05, 4.69) is 20.8 Å². The average Bonchev–Trinajstić information content (AvgIpc) is 3.31. The highest BCUT2D eigenvalue weighted by Crippen LogP contribution is 2.34. The molecule has 138 valence electrons. The first-order chi connectivity index (χ1) is 13.1. The van der Waals surface area contributed by atoms with E-state index in [0.29, 0.717) is 27.4 Å². The molecular weight excluding hydrogens is 390 g/mol. The fraction of sp³-hybridized carbons (Fsp3) is 0.176. The lowest BCUT2D eigenvalue weighted by atomic mass is 10.2. The van der Waals surface area contributed by atoms with Gasteiger partial charge in [0.15, 0.2) is 11.5 Å². The van der Waals surface area contributed by atoms with Crippen LogP contribution in [0.1, 0.15) is 6.92 Å². The van der Waals surface area contributed by atoms with Crippen LogP contribution in [0.4, 0.5) is 5.69 Å². The first-order valence-electron chi connectivity index (χ1n) is 8.01. The lowest BCUT2D eigenvalue weighted by Crippen LogP contribution is -2.22. The normalized spacial score (nSPS) is 13.4. The van der Waals surface area contributed by atoms with Crippen molar-refractivity contribution in [3.8, 4) is 17.2 Å². The number of thioether (sulfide) groups is 1. The van der Waals surface area contributed by atoms with Crippen molar-refractivity contribution in [3.63, 3.8) is 0 Å². The summed E-state index contributed by atoms with van der Waals surface area (Å²) in [5.41, 5.74) is 1.39. The van der Waals surface area contributed by atoms with Crippen molar-refractivity contribution in [3.05, 3.63) is 47.5 Å².